The van der Waals surface area contributed by atoms with E-state index in [1.54, 1.807) is 6.92 Å². The first-order chi connectivity index (χ1) is 7.86. The Morgan fingerprint density at radius 3 is 2.82 bits per heavy atom. The highest BCUT2D eigenvalue weighted by Crippen LogP contribution is 2.22. The van der Waals surface area contributed by atoms with Crippen molar-refractivity contribution in [2.24, 2.45) is 11.7 Å². The lowest BCUT2D eigenvalue weighted by Gasteiger charge is -2.38. The first-order valence-corrected chi connectivity index (χ1v) is 6.48. The first-order valence-electron chi connectivity index (χ1n) is 6.48. The van der Waals surface area contributed by atoms with Crippen molar-refractivity contribution >= 4 is 5.97 Å². The number of esters is 1. The van der Waals surface area contributed by atoms with Crippen LogP contribution in [0.3, 0.4) is 0 Å². The number of ether oxygens (including phenoxy) is 1. The summed E-state index contributed by atoms with van der Waals surface area (Å²) in [6.45, 7) is 8.40. The van der Waals surface area contributed by atoms with E-state index in [4.69, 9.17) is 10.5 Å². The Morgan fingerprint density at radius 2 is 2.29 bits per heavy atom. The zero-order chi connectivity index (χ0) is 13.1. The Morgan fingerprint density at radius 1 is 1.65 bits per heavy atom. The van der Waals surface area contributed by atoms with Crippen molar-refractivity contribution in [2.75, 3.05) is 20.2 Å². The molecule has 0 amide bonds. The third-order valence-corrected chi connectivity index (χ3v) is 3.68. The number of nitrogens with two attached hydrogens (primary N) is 1. The number of carbonyl (C=O) groups is 1. The molecule has 1 aliphatic rings. The maximum absolute atomic E-state index is 11.6. The zero-order valence-corrected chi connectivity index (χ0v) is 11.5. The Kier molecular flexibility index (Phi) is 4.95. The normalized spacial score (nSPS) is 27.2. The predicted octanol–water partition coefficient (Wildman–Crippen LogP) is 1.39. The van der Waals surface area contributed by atoms with E-state index in [0.717, 1.165) is 19.0 Å². The van der Waals surface area contributed by atoms with Gasteiger partial charge in [-0.05, 0) is 45.6 Å². The van der Waals surface area contributed by atoms with Crippen molar-refractivity contribution in [2.45, 2.75) is 51.6 Å². The van der Waals surface area contributed by atoms with Crippen LogP contribution in [0.15, 0.2) is 0 Å². The van der Waals surface area contributed by atoms with E-state index >= 15 is 0 Å². The second-order valence-electron chi connectivity index (χ2n) is 5.70. The molecule has 4 heteroatoms. The molecule has 17 heavy (non-hydrogen) atoms. The van der Waals surface area contributed by atoms with Crippen molar-refractivity contribution in [3.05, 3.63) is 0 Å². The fourth-order valence-electron chi connectivity index (χ4n) is 2.69. The predicted molar refractivity (Wildman–Crippen MR) is 68.7 cm³/mol. The van der Waals surface area contributed by atoms with Crippen molar-refractivity contribution in [3.8, 4) is 0 Å². The molecule has 4 nitrogen and oxygen atoms in total. The van der Waals surface area contributed by atoms with Crippen LogP contribution in [-0.4, -0.2) is 42.6 Å². The molecule has 0 saturated carbocycles. The summed E-state index contributed by atoms with van der Waals surface area (Å²) in [6, 6.07) is 0.326. The fourth-order valence-corrected chi connectivity index (χ4v) is 2.69. The van der Waals surface area contributed by atoms with E-state index in [9.17, 15) is 4.79 Å². The molecule has 2 N–H and O–H groups in total. The van der Waals surface area contributed by atoms with Crippen LogP contribution >= 0.6 is 0 Å². The minimum absolute atomic E-state index is 0.325. The molecule has 3 atom stereocenters. The second-order valence-corrected chi connectivity index (χ2v) is 5.70. The standard InChI is InChI=1S/C13H26N2O2/c1-10-6-5-7-15(9-10)11(2)8-13(3,14)12(16)17-4/h10-11H,5-9,14H2,1-4H3. The van der Waals surface area contributed by atoms with Crippen molar-refractivity contribution in [1.82, 2.24) is 4.90 Å². The molecule has 1 fully saturated rings. The van der Waals surface area contributed by atoms with Gasteiger partial charge in [-0.2, -0.15) is 0 Å². The average Bonchev–Trinajstić information content (AvgIpc) is 2.27. The summed E-state index contributed by atoms with van der Waals surface area (Å²) >= 11 is 0. The number of likely N-dealkylation sites (tertiary alicyclic amines) is 1. The highest BCUT2D eigenvalue weighted by Gasteiger charge is 2.33. The van der Waals surface area contributed by atoms with Crippen LogP contribution in [0.2, 0.25) is 0 Å². The van der Waals surface area contributed by atoms with E-state index in [1.807, 2.05) is 0 Å². The monoisotopic (exact) mass is 242 g/mol. The number of methoxy groups -OCH3 is 1. The average molecular weight is 242 g/mol. The number of hydrogen-bond acceptors (Lipinski definition) is 4. The van der Waals surface area contributed by atoms with Crippen LogP contribution in [0, 0.1) is 5.92 Å². The van der Waals surface area contributed by atoms with Gasteiger partial charge in [0.1, 0.15) is 5.54 Å². The molecule has 0 bridgehead atoms. The molecule has 0 radical (unpaired) electrons. The Bertz CT molecular complexity index is 266. The van der Waals surface area contributed by atoms with Gasteiger partial charge in [0.05, 0.1) is 7.11 Å². The summed E-state index contributed by atoms with van der Waals surface area (Å²) < 4.78 is 4.74. The fraction of sp³-hybridized carbons (Fsp3) is 0.923. The van der Waals surface area contributed by atoms with Crippen molar-refractivity contribution < 1.29 is 9.53 Å². The lowest BCUT2D eigenvalue weighted by atomic mass is 9.91. The Balaban J connectivity index is 2.52. The molecule has 1 rings (SSSR count). The molecule has 0 aliphatic carbocycles. The zero-order valence-electron chi connectivity index (χ0n) is 11.5. The van der Waals surface area contributed by atoms with E-state index < -0.39 is 5.54 Å². The number of rotatable bonds is 4. The molecule has 1 saturated heterocycles. The SMILES string of the molecule is COC(=O)C(C)(N)CC(C)N1CCCC(C)C1. The highest BCUT2D eigenvalue weighted by atomic mass is 16.5. The van der Waals surface area contributed by atoms with Crippen molar-refractivity contribution in [1.29, 1.82) is 0 Å². The quantitative estimate of drug-likeness (QED) is 0.757. The van der Waals surface area contributed by atoms with E-state index in [1.165, 1.54) is 20.0 Å². The molecule has 0 aromatic rings. The minimum atomic E-state index is -0.880. The number of hydrogen-bond donors (Lipinski definition) is 1. The molecule has 3 unspecified atom stereocenters. The molecule has 0 aromatic heterocycles. The van der Waals surface area contributed by atoms with Gasteiger partial charge in [-0.25, -0.2) is 0 Å². The summed E-state index contributed by atoms with van der Waals surface area (Å²) in [4.78, 5) is 14.0. The lowest BCUT2D eigenvalue weighted by molar-refractivity contribution is -0.147. The summed E-state index contributed by atoms with van der Waals surface area (Å²) in [7, 11) is 1.39. The van der Waals surface area contributed by atoms with Gasteiger partial charge in [-0.3, -0.25) is 4.79 Å². The molecule has 1 heterocycles. The van der Waals surface area contributed by atoms with Gasteiger partial charge in [0, 0.05) is 12.6 Å². The summed E-state index contributed by atoms with van der Waals surface area (Å²) in [5.41, 5.74) is 5.13. The third kappa shape index (κ3) is 3.96. The highest BCUT2D eigenvalue weighted by molar-refractivity contribution is 5.79. The van der Waals surface area contributed by atoms with Gasteiger partial charge < -0.3 is 15.4 Å². The van der Waals surface area contributed by atoms with Gasteiger partial charge in [0.2, 0.25) is 0 Å². The maximum atomic E-state index is 11.6. The summed E-state index contributed by atoms with van der Waals surface area (Å²) in [5.74, 6) is 0.419. The van der Waals surface area contributed by atoms with Crippen LogP contribution < -0.4 is 5.73 Å². The number of carbonyl (C=O) groups excluding carboxylic acids is 1. The van der Waals surface area contributed by atoms with Crippen LogP contribution in [-0.2, 0) is 9.53 Å². The van der Waals surface area contributed by atoms with Crippen LogP contribution in [0.4, 0.5) is 0 Å². The lowest BCUT2D eigenvalue weighted by Crippen LogP contribution is -2.52. The van der Waals surface area contributed by atoms with Gasteiger partial charge in [0.15, 0.2) is 0 Å². The molecular formula is C13H26N2O2. The van der Waals surface area contributed by atoms with Gasteiger partial charge >= 0.3 is 5.97 Å². The summed E-state index contributed by atoms with van der Waals surface area (Å²) in [6.07, 6.45) is 3.19. The smallest absolute Gasteiger partial charge is 0.325 e. The largest absolute Gasteiger partial charge is 0.468 e. The molecule has 1 aliphatic heterocycles. The first kappa shape index (κ1) is 14.5. The van der Waals surface area contributed by atoms with Crippen LogP contribution in [0.5, 0.6) is 0 Å². The minimum Gasteiger partial charge on any atom is -0.468 e. The number of piperidine rings is 1. The maximum Gasteiger partial charge on any atom is 0.325 e. The van der Waals surface area contributed by atoms with Gasteiger partial charge in [0.25, 0.3) is 0 Å². The second kappa shape index (κ2) is 5.83. The molecule has 0 aromatic carbocycles. The van der Waals surface area contributed by atoms with E-state index in [0.29, 0.717) is 12.5 Å². The topological polar surface area (TPSA) is 55.6 Å². The molecule has 0 spiro atoms. The summed E-state index contributed by atoms with van der Waals surface area (Å²) in [5, 5.41) is 0. The third-order valence-electron chi connectivity index (χ3n) is 3.68. The Labute approximate surface area is 104 Å². The van der Waals surface area contributed by atoms with E-state index in [-0.39, 0.29) is 5.97 Å². The van der Waals surface area contributed by atoms with Crippen LogP contribution in [0.25, 0.3) is 0 Å². The van der Waals surface area contributed by atoms with Gasteiger partial charge in [-0.15, -0.1) is 0 Å². The molecule has 100 valence electrons. The Hall–Kier alpha value is -0.610. The van der Waals surface area contributed by atoms with Crippen molar-refractivity contribution in [3.63, 3.8) is 0 Å². The molecular weight excluding hydrogens is 216 g/mol. The van der Waals surface area contributed by atoms with E-state index in [2.05, 4.69) is 18.7 Å². The van der Waals surface area contributed by atoms with Gasteiger partial charge in [-0.1, -0.05) is 6.92 Å². The number of nitrogens with zero attached hydrogens (tertiary/aromatic N) is 1. The van der Waals surface area contributed by atoms with Crippen LogP contribution in [0.1, 0.15) is 40.0 Å².